The second-order valence-electron chi connectivity index (χ2n) is 17.7. The Morgan fingerprint density at radius 3 is 0.471 bits per heavy atom. The predicted molar refractivity (Wildman–Crippen MR) is 236 cm³/mol. The molecular weight excluding hydrogens is 615 g/mol. The van der Waals surface area contributed by atoms with Crippen molar-refractivity contribution in [3.05, 3.63) is 0 Å². The van der Waals surface area contributed by atoms with E-state index < -0.39 is 0 Å². The summed E-state index contributed by atoms with van der Waals surface area (Å²) in [5.74, 6) is 0. The fraction of sp³-hybridized carbons (Fsp3) is 1.00. The van der Waals surface area contributed by atoms with Crippen LogP contribution < -0.4 is 0 Å². The summed E-state index contributed by atoms with van der Waals surface area (Å²) in [4.78, 5) is 0. The Morgan fingerprint density at radius 1 is 0.157 bits per heavy atom. The molecule has 0 saturated carbocycles. The van der Waals surface area contributed by atoms with E-state index in [1.54, 1.807) is 0 Å². The van der Waals surface area contributed by atoms with Crippen molar-refractivity contribution in [1.29, 1.82) is 0 Å². The molecule has 0 aromatic rings. The first-order valence-corrected chi connectivity index (χ1v) is 25.1. The van der Waals surface area contributed by atoms with E-state index in [2.05, 4.69) is 27.7 Å². The normalized spacial score (nSPS) is 12.0. The van der Waals surface area contributed by atoms with Gasteiger partial charge in [-0.25, -0.2) is 0 Å². The third kappa shape index (κ3) is 39.5. The largest absolute Gasteiger partial charge is 0.324 e. The van der Waals surface area contributed by atoms with Gasteiger partial charge in [-0.15, -0.1) is 0 Å². The quantitative estimate of drug-likeness (QED) is 0.0434. The average Bonchev–Trinajstić information content (AvgIpc) is 3.13. The lowest BCUT2D eigenvalue weighted by atomic mass is 10.0. The van der Waals surface area contributed by atoms with Gasteiger partial charge in [0.2, 0.25) is 0 Å². The van der Waals surface area contributed by atoms with Crippen molar-refractivity contribution in [3.63, 3.8) is 0 Å². The monoisotopic (exact) mass is 719 g/mol. The number of unbranched alkanes of at least 4 members (excludes halogenated alkanes) is 38. The van der Waals surface area contributed by atoms with Crippen molar-refractivity contribution < 1.29 is 4.48 Å². The number of quaternary nitrogens is 1. The van der Waals surface area contributed by atoms with Gasteiger partial charge in [0.05, 0.1) is 26.2 Å². The second kappa shape index (κ2) is 44.4. The third-order valence-electron chi connectivity index (χ3n) is 12.4. The van der Waals surface area contributed by atoms with E-state index in [0.29, 0.717) is 0 Å². The highest BCUT2D eigenvalue weighted by molar-refractivity contribution is 4.55. The van der Waals surface area contributed by atoms with Gasteiger partial charge < -0.3 is 4.48 Å². The van der Waals surface area contributed by atoms with Gasteiger partial charge in [-0.1, -0.05) is 259 Å². The summed E-state index contributed by atoms with van der Waals surface area (Å²) < 4.78 is 1.44. The van der Waals surface area contributed by atoms with E-state index in [1.165, 1.54) is 300 Å². The standard InChI is InChI=1S/C50H104N/c1-5-9-11-13-15-17-19-21-23-25-27-29-31-33-35-37-39-41-43-45-49-51(47-7-3,48-8-4)50-46-44-42-40-38-36-34-32-30-28-26-24-22-20-18-16-14-12-10-6-2/h5-50H2,1-4H3/q+1. The molecule has 1 nitrogen and oxygen atoms in total. The van der Waals surface area contributed by atoms with Gasteiger partial charge in [-0.05, 0) is 38.5 Å². The summed E-state index contributed by atoms with van der Waals surface area (Å²) in [5.41, 5.74) is 0. The molecule has 0 fully saturated rings. The molecule has 0 aliphatic carbocycles. The van der Waals surface area contributed by atoms with Gasteiger partial charge in [0.15, 0.2) is 0 Å². The third-order valence-corrected chi connectivity index (χ3v) is 12.4. The molecule has 51 heavy (non-hydrogen) atoms. The Bertz CT molecular complexity index is 546. The minimum absolute atomic E-state index is 1.36. The highest BCUT2D eigenvalue weighted by Crippen LogP contribution is 2.20. The van der Waals surface area contributed by atoms with Crippen molar-refractivity contribution in [2.45, 2.75) is 297 Å². The van der Waals surface area contributed by atoms with Gasteiger partial charge in [0, 0.05) is 0 Å². The summed E-state index contributed by atoms with van der Waals surface area (Å²) in [7, 11) is 0. The fourth-order valence-electron chi connectivity index (χ4n) is 9.02. The number of hydrogen-bond donors (Lipinski definition) is 0. The van der Waals surface area contributed by atoms with Crippen LogP contribution in [0.15, 0.2) is 0 Å². The molecule has 0 N–H and O–H groups in total. The van der Waals surface area contributed by atoms with Crippen LogP contribution in [0, 0.1) is 0 Å². The van der Waals surface area contributed by atoms with Crippen molar-refractivity contribution in [2.75, 3.05) is 26.2 Å². The SMILES string of the molecule is CCCCCCCCCCCCCCCCCCCCCC[N+](CCC)(CCC)CCCCCCCCCCCCCCCCCCCCCC. The van der Waals surface area contributed by atoms with Crippen LogP contribution in [0.2, 0.25) is 0 Å². The Balaban J connectivity index is 3.64. The van der Waals surface area contributed by atoms with Crippen LogP contribution in [0.1, 0.15) is 297 Å². The molecule has 0 amide bonds. The second-order valence-corrected chi connectivity index (χ2v) is 17.7. The lowest BCUT2D eigenvalue weighted by Gasteiger charge is -2.39. The molecule has 0 atom stereocenters. The van der Waals surface area contributed by atoms with E-state index in [-0.39, 0.29) is 0 Å². The highest BCUT2D eigenvalue weighted by atomic mass is 15.3. The molecule has 0 unspecified atom stereocenters. The van der Waals surface area contributed by atoms with Crippen LogP contribution in [0.3, 0.4) is 0 Å². The fourth-order valence-corrected chi connectivity index (χ4v) is 9.02. The highest BCUT2D eigenvalue weighted by Gasteiger charge is 2.24. The molecule has 0 aromatic carbocycles. The van der Waals surface area contributed by atoms with E-state index in [4.69, 9.17) is 0 Å². The lowest BCUT2D eigenvalue weighted by Crippen LogP contribution is -2.50. The molecule has 0 aliphatic rings. The molecule has 1 heteroatoms. The van der Waals surface area contributed by atoms with Gasteiger partial charge >= 0.3 is 0 Å². The summed E-state index contributed by atoms with van der Waals surface area (Å²) >= 11 is 0. The van der Waals surface area contributed by atoms with Crippen LogP contribution in [0.4, 0.5) is 0 Å². The molecular formula is C50H104N+. The molecule has 0 spiro atoms. The Hall–Kier alpha value is -0.0400. The minimum Gasteiger partial charge on any atom is -0.324 e. The van der Waals surface area contributed by atoms with Crippen LogP contribution in [-0.4, -0.2) is 30.7 Å². The molecule has 0 rings (SSSR count). The molecule has 308 valence electrons. The van der Waals surface area contributed by atoms with Crippen LogP contribution >= 0.6 is 0 Å². The van der Waals surface area contributed by atoms with Crippen molar-refractivity contribution in [3.8, 4) is 0 Å². The summed E-state index contributed by atoms with van der Waals surface area (Å²) in [6.45, 7) is 15.2. The van der Waals surface area contributed by atoms with E-state index >= 15 is 0 Å². The zero-order chi connectivity index (χ0) is 37.0. The van der Waals surface area contributed by atoms with Gasteiger partial charge in [0.1, 0.15) is 0 Å². The Morgan fingerprint density at radius 2 is 0.314 bits per heavy atom. The maximum Gasteiger partial charge on any atom is 0.0786 e. The van der Waals surface area contributed by atoms with E-state index in [0.717, 1.165) is 0 Å². The molecule has 0 bridgehead atoms. The zero-order valence-corrected chi connectivity index (χ0v) is 37.0. The van der Waals surface area contributed by atoms with Crippen LogP contribution in [0.25, 0.3) is 0 Å². The predicted octanol–water partition coefficient (Wildman–Crippen LogP) is 18.3. The number of hydrogen-bond acceptors (Lipinski definition) is 0. The first-order valence-electron chi connectivity index (χ1n) is 25.1. The molecule has 0 aliphatic heterocycles. The van der Waals surface area contributed by atoms with Gasteiger partial charge in [0.25, 0.3) is 0 Å². The molecule has 0 aromatic heterocycles. The first kappa shape index (κ1) is 51.0. The zero-order valence-electron chi connectivity index (χ0n) is 37.0. The topological polar surface area (TPSA) is 0 Å². The van der Waals surface area contributed by atoms with Crippen molar-refractivity contribution in [1.82, 2.24) is 0 Å². The van der Waals surface area contributed by atoms with Crippen molar-refractivity contribution >= 4 is 0 Å². The van der Waals surface area contributed by atoms with E-state index in [1.807, 2.05) is 0 Å². The number of rotatable bonds is 46. The van der Waals surface area contributed by atoms with Crippen molar-refractivity contribution in [2.24, 2.45) is 0 Å². The van der Waals surface area contributed by atoms with Crippen LogP contribution in [0.5, 0.6) is 0 Å². The van der Waals surface area contributed by atoms with Gasteiger partial charge in [-0.2, -0.15) is 0 Å². The first-order chi connectivity index (χ1) is 25.2. The maximum atomic E-state index is 2.43. The summed E-state index contributed by atoms with van der Waals surface area (Å²) in [6, 6.07) is 0. The Kier molecular flexibility index (Phi) is 44.3. The smallest absolute Gasteiger partial charge is 0.0786 e. The molecule has 0 radical (unpaired) electrons. The Labute approximate surface area is 327 Å². The molecule has 0 heterocycles. The van der Waals surface area contributed by atoms with Gasteiger partial charge in [-0.3, -0.25) is 0 Å². The summed E-state index contributed by atoms with van der Waals surface area (Å²) in [6.07, 6.45) is 61.8. The van der Waals surface area contributed by atoms with E-state index in [9.17, 15) is 0 Å². The maximum absolute atomic E-state index is 2.43. The molecule has 0 saturated heterocycles. The summed E-state index contributed by atoms with van der Waals surface area (Å²) in [5, 5.41) is 0. The minimum atomic E-state index is 1.36. The van der Waals surface area contributed by atoms with Crippen LogP contribution in [-0.2, 0) is 0 Å². The lowest BCUT2D eigenvalue weighted by molar-refractivity contribution is -0.928. The number of nitrogens with zero attached hydrogens (tertiary/aromatic N) is 1. The average molecular weight is 719 g/mol.